The van der Waals surface area contributed by atoms with Crippen molar-refractivity contribution in [1.82, 2.24) is 10.2 Å². The molecule has 0 saturated carbocycles. The minimum atomic E-state index is -1.07. The van der Waals surface area contributed by atoms with Crippen LogP contribution in [0.2, 0.25) is 0 Å². The third-order valence-corrected chi connectivity index (χ3v) is 2.13. The minimum absolute atomic E-state index is 0.113. The molecule has 0 spiro atoms. The van der Waals surface area contributed by atoms with Crippen LogP contribution in [0.5, 0.6) is 0 Å². The Labute approximate surface area is 105 Å². The zero-order chi connectivity index (χ0) is 14.1. The molecule has 0 saturated heterocycles. The van der Waals surface area contributed by atoms with Crippen molar-refractivity contribution < 1.29 is 24.2 Å². The fraction of sp³-hybridized carbons (Fsp3) is 0.545. The number of carbonyl (C=O) groups is 3. The average molecular weight is 258 g/mol. The first-order chi connectivity index (χ1) is 8.38. The van der Waals surface area contributed by atoms with E-state index in [-0.39, 0.29) is 25.1 Å². The summed E-state index contributed by atoms with van der Waals surface area (Å²) in [5.74, 6) is -1.88. The van der Waals surface area contributed by atoms with Crippen LogP contribution in [-0.4, -0.2) is 55.2 Å². The van der Waals surface area contributed by atoms with Crippen LogP contribution in [0.25, 0.3) is 0 Å². The number of urea groups is 1. The monoisotopic (exact) mass is 258 g/mol. The lowest BCUT2D eigenvalue weighted by Gasteiger charge is -2.20. The summed E-state index contributed by atoms with van der Waals surface area (Å²) in [6.07, 6.45) is 2.26. The molecular formula is C11H18N2O5. The normalized spacial score (nSPS) is 11.9. The number of hydrogen-bond donors (Lipinski definition) is 2. The molecule has 0 aromatic heterocycles. The van der Waals surface area contributed by atoms with E-state index < -0.39 is 11.9 Å². The van der Waals surface area contributed by atoms with Crippen molar-refractivity contribution in [2.45, 2.75) is 6.92 Å². The SMILES string of the molecule is COC(=O)C(C)CN(C)C(=O)NC/C=C/C(=O)O. The van der Waals surface area contributed by atoms with E-state index in [1.165, 1.54) is 25.1 Å². The lowest BCUT2D eigenvalue weighted by Crippen LogP contribution is -2.41. The number of amides is 2. The van der Waals surface area contributed by atoms with Crippen LogP contribution in [0.15, 0.2) is 12.2 Å². The molecule has 18 heavy (non-hydrogen) atoms. The minimum Gasteiger partial charge on any atom is -0.478 e. The number of aliphatic carboxylic acids is 1. The van der Waals surface area contributed by atoms with Crippen molar-refractivity contribution in [1.29, 1.82) is 0 Å². The van der Waals surface area contributed by atoms with E-state index in [9.17, 15) is 14.4 Å². The third kappa shape index (κ3) is 6.51. The van der Waals surface area contributed by atoms with Gasteiger partial charge in [0, 0.05) is 26.2 Å². The van der Waals surface area contributed by atoms with Gasteiger partial charge in [-0.25, -0.2) is 9.59 Å². The van der Waals surface area contributed by atoms with Gasteiger partial charge in [-0.05, 0) is 0 Å². The number of carboxylic acids is 1. The molecule has 0 rings (SSSR count). The zero-order valence-corrected chi connectivity index (χ0v) is 10.7. The molecule has 0 radical (unpaired) electrons. The van der Waals surface area contributed by atoms with Gasteiger partial charge in [-0.1, -0.05) is 13.0 Å². The fourth-order valence-corrected chi connectivity index (χ4v) is 1.21. The highest BCUT2D eigenvalue weighted by atomic mass is 16.5. The zero-order valence-electron chi connectivity index (χ0n) is 10.7. The summed E-state index contributed by atoms with van der Waals surface area (Å²) < 4.78 is 4.54. The van der Waals surface area contributed by atoms with Gasteiger partial charge in [0.25, 0.3) is 0 Å². The number of nitrogens with one attached hydrogen (secondary N) is 1. The second-order valence-corrected chi connectivity index (χ2v) is 3.73. The molecule has 0 aliphatic heterocycles. The predicted octanol–water partition coefficient (Wildman–Crippen LogP) is 0.0777. The summed E-state index contributed by atoms with van der Waals surface area (Å²) in [6, 6.07) is -0.388. The number of methoxy groups -OCH3 is 1. The van der Waals surface area contributed by atoms with Crippen LogP contribution in [0, 0.1) is 5.92 Å². The lowest BCUT2D eigenvalue weighted by atomic mass is 10.2. The summed E-state index contributed by atoms with van der Waals surface area (Å²) in [5.41, 5.74) is 0. The molecule has 0 aliphatic carbocycles. The van der Waals surface area contributed by atoms with E-state index in [1.54, 1.807) is 6.92 Å². The molecule has 2 N–H and O–H groups in total. The number of carboxylic acid groups (broad SMARTS) is 1. The van der Waals surface area contributed by atoms with Crippen molar-refractivity contribution in [3.05, 3.63) is 12.2 Å². The number of ether oxygens (including phenoxy) is 1. The maximum atomic E-state index is 11.5. The molecular weight excluding hydrogens is 240 g/mol. The molecule has 7 nitrogen and oxygen atoms in total. The summed E-state index contributed by atoms with van der Waals surface area (Å²) in [5, 5.41) is 10.8. The average Bonchev–Trinajstić information content (AvgIpc) is 2.32. The quantitative estimate of drug-likeness (QED) is 0.519. The Kier molecular flexibility index (Phi) is 7.18. The molecule has 0 fully saturated rings. The van der Waals surface area contributed by atoms with Crippen LogP contribution in [-0.2, 0) is 14.3 Å². The Balaban J connectivity index is 4.03. The van der Waals surface area contributed by atoms with Crippen LogP contribution in [0.3, 0.4) is 0 Å². The van der Waals surface area contributed by atoms with Crippen molar-refractivity contribution >= 4 is 18.0 Å². The highest BCUT2D eigenvalue weighted by molar-refractivity contribution is 5.80. The molecule has 0 aliphatic rings. The maximum Gasteiger partial charge on any atom is 0.328 e. The fourth-order valence-electron chi connectivity index (χ4n) is 1.21. The topological polar surface area (TPSA) is 95.9 Å². The van der Waals surface area contributed by atoms with Gasteiger partial charge in [0.05, 0.1) is 13.0 Å². The Morgan fingerprint density at radius 1 is 1.44 bits per heavy atom. The lowest BCUT2D eigenvalue weighted by molar-refractivity contribution is -0.145. The Bertz CT molecular complexity index is 340. The highest BCUT2D eigenvalue weighted by Gasteiger charge is 2.17. The first kappa shape index (κ1) is 16.0. The van der Waals surface area contributed by atoms with E-state index in [0.717, 1.165) is 6.08 Å². The Hall–Kier alpha value is -2.05. The summed E-state index contributed by atoms with van der Waals surface area (Å²) in [6.45, 7) is 1.99. The van der Waals surface area contributed by atoms with Crippen molar-refractivity contribution in [2.75, 3.05) is 27.2 Å². The predicted molar refractivity (Wildman–Crippen MR) is 64.0 cm³/mol. The van der Waals surface area contributed by atoms with Crippen LogP contribution in [0.1, 0.15) is 6.92 Å². The number of hydrogen-bond acceptors (Lipinski definition) is 4. The first-order valence-corrected chi connectivity index (χ1v) is 5.34. The molecule has 1 unspecified atom stereocenters. The molecule has 0 bridgehead atoms. The standard InChI is InChI=1S/C11H18N2O5/c1-8(10(16)18-3)7-13(2)11(17)12-6-4-5-9(14)15/h4-5,8H,6-7H2,1-3H3,(H,12,17)(H,14,15)/b5-4+. The molecule has 0 aromatic carbocycles. The number of carbonyl (C=O) groups excluding carboxylic acids is 2. The number of rotatable bonds is 6. The van der Waals surface area contributed by atoms with Gasteiger partial charge in [0.15, 0.2) is 0 Å². The van der Waals surface area contributed by atoms with Gasteiger partial charge < -0.3 is 20.1 Å². The molecule has 7 heteroatoms. The number of esters is 1. The van der Waals surface area contributed by atoms with Crippen LogP contribution < -0.4 is 5.32 Å². The van der Waals surface area contributed by atoms with E-state index >= 15 is 0 Å². The molecule has 0 aromatic rings. The van der Waals surface area contributed by atoms with Gasteiger partial charge in [-0.2, -0.15) is 0 Å². The van der Waals surface area contributed by atoms with Crippen LogP contribution >= 0.6 is 0 Å². The third-order valence-electron chi connectivity index (χ3n) is 2.13. The van der Waals surface area contributed by atoms with E-state index in [0.29, 0.717) is 0 Å². The Morgan fingerprint density at radius 2 is 2.06 bits per heavy atom. The first-order valence-electron chi connectivity index (χ1n) is 5.34. The van der Waals surface area contributed by atoms with Gasteiger partial charge in [0.1, 0.15) is 0 Å². The van der Waals surface area contributed by atoms with Crippen molar-refractivity contribution in [3.8, 4) is 0 Å². The molecule has 2 amide bonds. The van der Waals surface area contributed by atoms with E-state index in [4.69, 9.17) is 5.11 Å². The largest absolute Gasteiger partial charge is 0.478 e. The number of nitrogens with zero attached hydrogens (tertiary/aromatic N) is 1. The Morgan fingerprint density at radius 3 is 2.56 bits per heavy atom. The maximum absolute atomic E-state index is 11.5. The van der Waals surface area contributed by atoms with E-state index in [2.05, 4.69) is 10.1 Å². The van der Waals surface area contributed by atoms with Crippen molar-refractivity contribution in [3.63, 3.8) is 0 Å². The second kappa shape index (κ2) is 8.10. The molecule has 102 valence electrons. The second-order valence-electron chi connectivity index (χ2n) is 3.73. The molecule has 0 heterocycles. The van der Waals surface area contributed by atoms with Gasteiger partial charge in [0.2, 0.25) is 0 Å². The van der Waals surface area contributed by atoms with Gasteiger partial charge >= 0.3 is 18.0 Å². The van der Waals surface area contributed by atoms with Gasteiger partial charge in [-0.15, -0.1) is 0 Å². The van der Waals surface area contributed by atoms with Crippen molar-refractivity contribution in [2.24, 2.45) is 5.92 Å². The van der Waals surface area contributed by atoms with Gasteiger partial charge in [-0.3, -0.25) is 4.79 Å². The smallest absolute Gasteiger partial charge is 0.328 e. The summed E-state index contributed by atoms with van der Waals surface area (Å²) in [7, 11) is 2.82. The highest BCUT2D eigenvalue weighted by Crippen LogP contribution is 2.00. The summed E-state index contributed by atoms with van der Waals surface area (Å²) >= 11 is 0. The summed E-state index contributed by atoms with van der Waals surface area (Å²) in [4.78, 5) is 34.2. The van der Waals surface area contributed by atoms with Crippen LogP contribution in [0.4, 0.5) is 4.79 Å². The van der Waals surface area contributed by atoms with E-state index in [1.807, 2.05) is 0 Å². The molecule has 1 atom stereocenters.